The highest BCUT2D eigenvalue weighted by molar-refractivity contribution is 6.30. The van der Waals surface area contributed by atoms with Crippen molar-refractivity contribution in [2.24, 2.45) is 0 Å². The second kappa shape index (κ2) is 4.45. The monoisotopic (exact) mass is 240 g/mol. The summed E-state index contributed by atoms with van der Waals surface area (Å²) in [6.45, 7) is 0. The molecule has 0 amide bonds. The molecule has 0 radical (unpaired) electrons. The van der Waals surface area contributed by atoms with Gasteiger partial charge in [0.2, 0.25) is 5.95 Å². The van der Waals surface area contributed by atoms with Crippen LogP contribution in [-0.2, 0) is 0 Å². The van der Waals surface area contributed by atoms with E-state index >= 15 is 0 Å². The van der Waals surface area contributed by atoms with Crippen molar-refractivity contribution in [1.29, 1.82) is 0 Å². The summed E-state index contributed by atoms with van der Waals surface area (Å²) in [5.74, 6) is -0.777. The lowest BCUT2D eigenvalue weighted by Crippen LogP contribution is -1.95. The van der Waals surface area contributed by atoms with Gasteiger partial charge in [0, 0.05) is 10.7 Å². The summed E-state index contributed by atoms with van der Waals surface area (Å²) >= 11 is 5.67. The topological polar surface area (TPSA) is 24.9 Å². The van der Waals surface area contributed by atoms with Gasteiger partial charge in [-0.05, 0) is 30.3 Å². The molecule has 2 aromatic rings. The van der Waals surface area contributed by atoms with Crippen LogP contribution in [0.15, 0.2) is 36.4 Å². The molecule has 5 heteroatoms. The summed E-state index contributed by atoms with van der Waals surface area (Å²) in [5.41, 5.74) is 0.420. The molecule has 2 nitrogen and oxygen atoms in total. The van der Waals surface area contributed by atoms with E-state index in [1.54, 1.807) is 6.07 Å². The molecule has 1 aromatic carbocycles. The fourth-order valence-corrected chi connectivity index (χ4v) is 1.47. The average Bonchev–Trinajstić information content (AvgIpc) is 2.15. The standard InChI is InChI=1S/C11H7ClF2N2/c12-7-4-8(13)6-9(5-7)15-11-3-1-2-10(14)16-11/h1-6H,(H,15,16). The molecule has 0 spiro atoms. The maximum absolute atomic E-state index is 13.0. The molecule has 82 valence electrons. The second-order valence-electron chi connectivity index (χ2n) is 3.13. The Morgan fingerprint density at radius 3 is 2.62 bits per heavy atom. The number of rotatable bonds is 2. The number of nitrogens with zero attached hydrogens (tertiary/aromatic N) is 1. The predicted octanol–water partition coefficient (Wildman–Crippen LogP) is 3.76. The number of nitrogens with one attached hydrogen (secondary N) is 1. The highest BCUT2D eigenvalue weighted by atomic mass is 35.5. The Kier molecular flexibility index (Phi) is 3.01. The van der Waals surface area contributed by atoms with Crippen LogP contribution in [0.2, 0.25) is 5.02 Å². The molecule has 0 aliphatic carbocycles. The molecule has 0 atom stereocenters. The highest BCUT2D eigenvalue weighted by Gasteiger charge is 2.01. The molecular formula is C11H7ClF2N2. The summed E-state index contributed by atoms with van der Waals surface area (Å²) in [7, 11) is 0. The van der Waals surface area contributed by atoms with Crippen molar-refractivity contribution in [1.82, 2.24) is 4.98 Å². The summed E-state index contributed by atoms with van der Waals surface area (Å²) in [6, 6.07) is 8.26. The maximum atomic E-state index is 13.0. The van der Waals surface area contributed by atoms with Crippen LogP contribution in [0.3, 0.4) is 0 Å². The van der Waals surface area contributed by atoms with Crippen molar-refractivity contribution >= 4 is 23.1 Å². The third-order valence-corrected chi connectivity index (χ3v) is 2.07. The van der Waals surface area contributed by atoms with Crippen LogP contribution in [-0.4, -0.2) is 4.98 Å². The maximum Gasteiger partial charge on any atom is 0.214 e. The van der Waals surface area contributed by atoms with Crippen molar-refractivity contribution in [3.8, 4) is 0 Å². The zero-order valence-corrected chi connectivity index (χ0v) is 8.80. The van der Waals surface area contributed by atoms with Crippen molar-refractivity contribution < 1.29 is 8.78 Å². The van der Waals surface area contributed by atoms with E-state index < -0.39 is 11.8 Å². The van der Waals surface area contributed by atoms with Crippen molar-refractivity contribution in [3.05, 3.63) is 53.2 Å². The third-order valence-electron chi connectivity index (χ3n) is 1.85. The lowest BCUT2D eigenvalue weighted by Gasteiger charge is -2.05. The van der Waals surface area contributed by atoms with Crippen LogP contribution in [0.1, 0.15) is 0 Å². The van der Waals surface area contributed by atoms with E-state index in [1.807, 2.05) is 0 Å². The average molecular weight is 241 g/mol. The van der Waals surface area contributed by atoms with Gasteiger partial charge in [-0.1, -0.05) is 17.7 Å². The van der Waals surface area contributed by atoms with Crippen LogP contribution >= 0.6 is 11.6 Å². The number of aromatic nitrogens is 1. The quantitative estimate of drug-likeness (QED) is 0.809. The van der Waals surface area contributed by atoms with Crippen LogP contribution in [0, 0.1) is 11.8 Å². The first-order valence-corrected chi connectivity index (χ1v) is 4.87. The van der Waals surface area contributed by atoms with Crippen LogP contribution < -0.4 is 5.32 Å². The smallest absolute Gasteiger partial charge is 0.214 e. The van der Waals surface area contributed by atoms with Gasteiger partial charge in [-0.15, -0.1) is 0 Å². The Labute approximate surface area is 95.9 Å². The Balaban J connectivity index is 2.27. The van der Waals surface area contributed by atoms with E-state index in [-0.39, 0.29) is 5.02 Å². The van der Waals surface area contributed by atoms with Crippen molar-refractivity contribution in [3.63, 3.8) is 0 Å². The van der Waals surface area contributed by atoms with Gasteiger partial charge in [0.1, 0.15) is 11.6 Å². The van der Waals surface area contributed by atoms with E-state index in [4.69, 9.17) is 11.6 Å². The van der Waals surface area contributed by atoms with E-state index in [0.29, 0.717) is 11.5 Å². The summed E-state index contributed by atoms with van der Waals surface area (Å²) < 4.78 is 25.8. The van der Waals surface area contributed by atoms with E-state index in [9.17, 15) is 8.78 Å². The highest BCUT2D eigenvalue weighted by Crippen LogP contribution is 2.21. The molecule has 1 N–H and O–H groups in total. The molecule has 2 rings (SSSR count). The number of hydrogen-bond acceptors (Lipinski definition) is 2. The minimum absolute atomic E-state index is 0.263. The minimum Gasteiger partial charge on any atom is -0.340 e. The Morgan fingerprint density at radius 2 is 1.94 bits per heavy atom. The molecule has 0 saturated heterocycles. The lowest BCUT2D eigenvalue weighted by atomic mass is 10.3. The van der Waals surface area contributed by atoms with Gasteiger partial charge < -0.3 is 5.32 Å². The largest absolute Gasteiger partial charge is 0.340 e. The first-order valence-electron chi connectivity index (χ1n) is 4.49. The van der Waals surface area contributed by atoms with Crippen LogP contribution in [0.4, 0.5) is 20.3 Å². The SMILES string of the molecule is Fc1cc(Cl)cc(Nc2cccc(F)n2)c1. The van der Waals surface area contributed by atoms with E-state index in [2.05, 4.69) is 10.3 Å². The van der Waals surface area contributed by atoms with Gasteiger partial charge in [-0.2, -0.15) is 4.39 Å². The van der Waals surface area contributed by atoms with Gasteiger partial charge >= 0.3 is 0 Å². The van der Waals surface area contributed by atoms with Crippen LogP contribution in [0.5, 0.6) is 0 Å². The minimum atomic E-state index is -0.604. The Morgan fingerprint density at radius 1 is 1.12 bits per heavy atom. The molecule has 16 heavy (non-hydrogen) atoms. The first kappa shape index (κ1) is 10.8. The van der Waals surface area contributed by atoms with Crippen LogP contribution in [0.25, 0.3) is 0 Å². The Hall–Kier alpha value is -1.68. The second-order valence-corrected chi connectivity index (χ2v) is 3.57. The molecule has 0 bridgehead atoms. The number of anilines is 2. The molecule has 1 aromatic heterocycles. The van der Waals surface area contributed by atoms with Gasteiger partial charge in [0.05, 0.1) is 0 Å². The fraction of sp³-hybridized carbons (Fsp3) is 0. The van der Waals surface area contributed by atoms with E-state index in [1.165, 1.54) is 30.3 Å². The normalized spacial score (nSPS) is 10.2. The predicted molar refractivity (Wildman–Crippen MR) is 58.9 cm³/mol. The number of hydrogen-bond donors (Lipinski definition) is 1. The fourth-order valence-electron chi connectivity index (χ4n) is 1.25. The lowest BCUT2D eigenvalue weighted by molar-refractivity contribution is 0.585. The zero-order valence-electron chi connectivity index (χ0n) is 8.05. The number of benzene rings is 1. The number of pyridine rings is 1. The summed E-state index contributed by atoms with van der Waals surface area (Å²) in [6.07, 6.45) is 0. The molecule has 0 saturated carbocycles. The molecular weight excluding hydrogens is 234 g/mol. The third kappa shape index (κ3) is 2.67. The molecule has 0 aliphatic heterocycles. The van der Waals surface area contributed by atoms with Gasteiger partial charge in [-0.25, -0.2) is 9.37 Å². The van der Waals surface area contributed by atoms with Crippen molar-refractivity contribution in [2.45, 2.75) is 0 Å². The summed E-state index contributed by atoms with van der Waals surface area (Å²) in [4.78, 5) is 3.58. The van der Waals surface area contributed by atoms with Gasteiger partial charge in [0.15, 0.2) is 0 Å². The zero-order chi connectivity index (χ0) is 11.5. The van der Waals surface area contributed by atoms with Gasteiger partial charge in [0.25, 0.3) is 0 Å². The Bertz CT molecular complexity index is 497. The van der Waals surface area contributed by atoms with Gasteiger partial charge in [-0.3, -0.25) is 0 Å². The molecule has 1 heterocycles. The number of halogens is 3. The molecule has 0 aliphatic rings. The molecule has 0 unspecified atom stereocenters. The first-order chi connectivity index (χ1) is 7.63. The van der Waals surface area contributed by atoms with Crippen molar-refractivity contribution in [2.75, 3.05) is 5.32 Å². The summed E-state index contributed by atoms with van der Waals surface area (Å²) in [5, 5.41) is 3.01. The molecule has 0 fully saturated rings. The van der Waals surface area contributed by atoms with E-state index in [0.717, 1.165) is 0 Å².